The lowest BCUT2D eigenvalue weighted by atomic mass is 9.86. The second-order valence-electron chi connectivity index (χ2n) is 6.24. The summed E-state index contributed by atoms with van der Waals surface area (Å²) in [7, 11) is 0. The molecule has 19 heavy (non-hydrogen) atoms. The van der Waals surface area contributed by atoms with E-state index in [1.807, 2.05) is 0 Å². The topological polar surface area (TPSA) is 26.0 Å². The molecule has 1 aromatic carbocycles. The van der Waals surface area contributed by atoms with Crippen LogP contribution in [-0.2, 0) is 5.41 Å². The largest absolute Gasteiger partial charge is 0.320 e. The molecular weight excluding hydrogens is 250 g/mol. The minimum atomic E-state index is -0.00795. The highest BCUT2D eigenvalue weighted by atomic mass is 32.1. The normalized spacial score (nSPS) is 13.6. The zero-order chi connectivity index (χ0) is 14.2. The van der Waals surface area contributed by atoms with Crippen LogP contribution in [0.25, 0.3) is 0 Å². The molecule has 0 amide bonds. The third-order valence-corrected chi connectivity index (χ3v) is 4.86. The number of hydrogen-bond acceptors (Lipinski definition) is 2. The summed E-state index contributed by atoms with van der Waals surface area (Å²) in [4.78, 5) is 2.61. The maximum atomic E-state index is 6.37. The van der Waals surface area contributed by atoms with Crippen molar-refractivity contribution in [1.82, 2.24) is 0 Å². The van der Waals surface area contributed by atoms with Gasteiger partial charge in [-0.2, -0.15) is 0 Å². The maximum absolute atomic E-state index is 6.37. The third kappa shape index (κ3) is 3.07. The summed E-state index contributed by atoms with van der Waals surface area (Å²) in [5, 5.41) is 0. The first-order valence-electron chi connectivity index (χ1n) is 6.72. The van der Waals surface area contributed by atoms with E-state index in [2.05, 4.69) is 65.0 Å². The lowest BCUT2D eigenvalue weighted by Crippen LogP contribution is -2.13. The summed E-state index contributed by atoms with van der Waals surface area (Å²) >= 11 is 1.80. The predicted octanol–water partition coefficient (Wildman–Crippen LogP) is 4.71. The zero-order valence-electron chi connectivity index (χ0n) is 12.4. The van der Waals surface area contributed by atoms with Crippen molar-refractivity contribution in [3.8, 4) is 0 Å². The molecule has 0 bridgehead atoms. The van der Waals surface area contributed by atoms with Gasteiger partial charge in [0, 0.05) is 9.75 Å². The van der Waals surface area contributed by atoms with E-state index >= 15 is 0 Å². The fourth-order valence-corrected chi connectivity index (χ4v) is 3.18. The number of rotatable bonds is 2. The molecular formula is C17H23NS. The molecule has 2 rings (SSSR count). The van der Waals surface area contributed by atoms with Crippen LogP contribution < -0.4 is 5.73 Å². The van der Waals surface area contributed by atoms with Crippen LogP contribution in [0.5, 0.6) is 0 Å². The first-order chi connectivity index (χ1) is 8.79. The molecule has 1 atom stereocenters. The molecule has 0 aliphatic heterocycles. The molecule has 2 aromatic rings. The highest BCUT2D eigenvalue weighted by molar-refractivity contribution is 7.12. The van der Waals surface area contributed by atoms with Crippen LogP contribution in [0.4, 0.5) is 0 Å². The highest BCUT2D eigenvalue weighted by Crippen LogP contribution is 2.30. The van der Waals surface area contributed by atoms with Crippen molar-refractivity contribution in [2.75, 3.05) is 0 Å². The van der Waals surface area contributed by atoms with Gasteiger partial charge in [0.2, 0.25) is 0 Å². The maximum Gasteiger partial charge on any atom is 0.0646 e. The van der Waals surface area contributed by atoms with Crippen LogP contribution in [0.3, 0.4) is 0 Å². The Bertz CT molecular complexity index is 538. The van der Waals surface area contributed by atoms with Gasteiger partial charge in [-0.15, -0.1) is 11.3 Å². The molecule has 0 radical (unpaired) electrons. The Hall–Kier alpha value is -1.12. The van der Waals surface area contributed by atoms with Crippen molar-refractivity contribution < 1.29 is 0 Å². The molecule has 1 aromatic heterocycles. The van der Waals surface area contributed by atoms with E-state index < -0.39 is 0 Å². The Balaban J connectivity index is 2.27. The number of aryl methyl sites for hydroxylation is 2. The van der Waals surface area contributed by atoms with Gasteiger partial charge in [0.1, 0.15) is 0 Å². The first-order valence-corrected chi connectivity index (χ1v) is 7.53. The Labute approximate surface area is 120 Å². The molecule has 1 nitrogen and oxygen atoms in total. The molecule has 0 aliphatic carbocycles. The Morgan fingerprint density at radius 2 is 1.63 bits per heavy atom. The number of benzene rings is 1. The molecule has 0 spiro atoms. The summed E-state index contributed by atoms with van der Waals surface area (Å²) < 4.78 is 0. The van der Waals surface area contributed by atoms with Crippen molar-refractivity contribution in [3.05, 3.63) is 56.8 Å². The van der Waals surface area contributed by atoms with Gasteiger partial charge in [0.25, 0.3) is 0 Å². The van der Waals surface area contributed by atoms with Gasteiger partial charge in [0.05, 0.1) is 6.04 Å². The molecule has 1 heterocycles. The van der Waals surface area contributed by atoms with Gasteiger partial charge in [-0.05, 0) is 42.0 Å². The fraction of sp³-hybridized carbons (Fsp3) is 0.412. The molecule has 0 aliphatic rings. The third-order valence-electron chi connectivity index (χ3n) is 3.63. The monoisotopic (exact) mass is 273 g/mol. The minimum Gasteiger partial charge on any atom is -0.320 e. The molecule has 2 heteroatoms. The fourth-order valence-electron chi connectivity index (χ4n) is 2.11. The van der Waals surface area contributed by atoms with Crippen LogP contribution in [0.1, 0.15) is 53.3 Å². The van der Waals surface area contributed by atoms with E-state index in [-0.39, 0.29) is 11.5 Å². The molecule has 2 N–H and O–H groups in total. The Morgan fingerprint density at radius 1 is 1.05 bits per heavy atom. The van der Waals surface area contributed by atoms with E-state index in [4.69, 9.17) is 5.73 Å². The minimum absolute atomic E-state index is 0.00795. The number of nitrogens with two attached hydrogens (primary N) is 1. The average molecular weight is 273 g/mol. The molecule has 0 fully saturated rings. The van der Waals surface area contributed by atoms with Crippen LogP contribution in [0, 0.1) is 13.8 Å². The summed E-state index contributed by atoms with van der Waals surface area (Å²) in [5.41, 5.74) is 10.4. The Kier molecular flexibility index (Phi) is 3.84. The van der Waals surface area contributed by atoms with E-state index in [0.29, 0.717) is 0 Å². The lowest BCUT2D eigenvalue weighted by Gasteiger charge is -2.20. The number of thiophene rings is 1. The van der Waals surface area contributed by atoms with Gasteiger partial charge in [0.15, 0.2) is 0 Å². The molecule has 102 valence electrons. The Morgan fingerprint density at radius 3 is 2.05 bits per heavy atom. The van der Waals surface area contributed by atoms with Crippen molar-refractivity contribution in [2.45, 2.75) is 46.1 Å². The van der Waals surface area contributed by atoms with Crippen molar-refractivity contribution in [2.24, 2.45) is 5.73 Å². The first kappa shape index (κ1) is 14.3. The van der Waals surface area contributed by atoms with E-state index in [9.17, 15) is 0 Å². The van der Waals surface area contributed by atoms with E-state index in [1.54, 1.807) is 11.3 Å². The van der Waals surface area contributed by atoms with Crippen molar-refractivity contribution in [1.29, 1.82) is 0 Å². The second kappa shape index (κ2) is 5.10. The van der Waals surface area contributed by atoms with Gasteiger partial charge in [-0.1, -0.05) is 45.0 Å². The lowest BCUT2D eigenvalue weighted by molar-refractivity contribution is 0.590. The summed E-state index contributed by atoms with van der Waals surface area (Å²) in [6.45, 7) is 11.0. The molecule has 1 unspecified atom stereocenters. The predicted molar refractivity (Wildman–Crippen MR) is 85.0 cm³/mol. The van der Waals surface area contributed by atoms with Crippen LogP contribution in [-0.4, -0.2) is 0 Å². The van der Waals surface area contributed by atoms with Crippen molar-refractivity contribution in [3.63, 3.8) is 0 Å². The zero-order valence-corrected chi connectivity index (χ0v) is 13.3. The summed E-state index contributed by atoms with van der Waals surface area (Å²) in [5.74, 6) is 0. The number of hydrogen-bond donors (Lipinski definition) is 1. The standard InChI is InChI=1S/C17H23NS/c1-11-10-15(19-12(11)2)16(18)13-6-8-14(9-7-13)17(3,4)5/h6-10,16H,18H2,1-5H3. The second-order valence-corrected chi connectivity index (χ2v) is 7.53. The van der Waals surface area contributed by atoms with Gasteiger partial charge in [-0.25, -0.2) is 0 Å². The van der Waals surface area contributed by atoms with Crippen LogP contribution >= 0.6 is 11.3 Å². The molecule has 0 saturated heterocycles. The SMILES string of the molecule is Cc1cc(C(N)c2ccc(C(C)(C)C)cc2)sc1C. The van der Waals surface area contributed by atoms with Crippen molar-refractivity contribution >= 4 is 11.3 Å². The summed E-state index contributed by atoms with van der Waals surface area (Å²) in [6.07, 6.45) is 0. The van der Waals surface area contributed by atoms with Crippen LogP contribution in [0.2, 0.25) is 0 Å². The van der Waals surface area contributed by atoms with E-state index in [0.717, 1.165) is 0 Å². The van der Waals surface area contributed by atoms with Gasteiger partial charge < -0.3 is 5.73 Å². The average Bonchev–Trinajstić information content (AvgIpc) is 2.68. The smallest absolute Gasteiger partial charge is 0.0646 e. The summed E-state index contributed by atoms with van der Waals surface area (Å²) in [6, 6.07) is 10.9. The highest BCUT2D eigenvalue weighted by Gasteiger charge is 2.16. The van der Waals surface area contributed by atoms with Gasteiger partial charge >= 0.3 is 0 Å². The molecule has 0 saturated carbocycles. The van der Waals surface area contributed by atoms with Gasteiger partial charge in [-0.3, -0.25) is 0 Å². The van der Waals surface area contributed by atoms with Crippen LogP contribution in [0.15, 0.2) is 30.3 Å². The van der Waals surface area contributed by atoms with E-state index in [1.165, 1.54) is 26.4 Å². The quantitative estimate of drug-likeness (QED) is 0.842.